The summed E-state index contributed by atoms with van der Waals surface area (Å²) in [5, 5.41) is 3.99. The minimum absolute atomic E-state index is 0.475. The lowest BCUT2D eigenvalue weighted by atomic mass is 9.96. The number of benzodiazepines with no additional fused rings is 1. The van der Waals surface area contributed by atoms with E-state index in [0.29, 0.717) is 11.6 Å². The number of nitrogens with one attached hydrogen (secondary N) is 1. The number of hydrogen-bond donors (Lipinski definition) is 1. The fourth-order valence-corrected chi connectivity index (χ4v) is 2.82. The number of benzene rings is 2. The Morgan fingerprint density at radius 1 is 1.10 bits per heavy atom. The van der Waals surface area contributed by atoms with Crippen molar-refractivity contribution in [1.29, 1.82) is 0 Å². The first-order chi connectivity index (χ1) is 10.1. The van der Waals surface area contributed by atoms with E-state index in [9.17, 15) is 0 Å². The molecule has 4 heteroatoms. The Bertz CT molecular complexity index is 765. The van der Waals surface area contributed by atoms with Crippen LogP contribution in [0.2, 0.25) is 5.02 Å². The van der Waals surface area contributed by atoms with Crippen molar-refractivity contribution in [3.8, 4) is 0 Å². The van der Waals surface area contributed by atoms with Crippen LogP contribution in [-0.4, -0.2) is 17.2 Å². The normalized spacial score (nSPS) is 14.0. The molecule has 1 aliphatic heterocycles. The molecule has 1 heterocycles. The molecule has 0 radical (unpaired) electrons. The Morgan fingerprint density at radius 2 is 1.81 bits per heavy atom. The summed E-state index contributed by atoms with van der Waals surface area (Å²) in [5.74, 6) is 0. The summed E-state index contributed by atoms with van der Waals surface area (Å²) < 4.78 is 0. The van der Waals surface area contributed by atoms with Crippen molar-refractivity contribution in [1.82, 2.24) is 0 Å². The molecular weight excluding hydrogens is 300 g/mol. The zero-order valence-electron chi connectivity index (χ0n) is 11.9. The van der Waals surface area contributed by atoms with Gasteiger partial charge in [-0.3, -0.25) is 4.99 Å². The van der Waals surface area contributed by atoms with Crippen molar-refractivity contribution in [3.63, 3.8) is 0 Å². The zero-order chi connectivity index (χ0) is 15.0. The summed E-state index contributed by atoms with van der Waals surface area (Å²) in [7, 11) is 0. The van der Waals surface area contributed by atoms with Crippen molar-refractivity contribution in [2.24, 2.45) is 4.99 Å². The number of hydrogen-bond acceptors (Lipinski definition) is 2. The summed E-state index contributed by atoms with van der Waals surface area (Å²) in [4.78, 5) is 5.40. The second-order valence-corrected chi connectivity index (χ2v) is 6.07. The van der Waals surface area contributed by atoms with E-state index < -0.39 is 0 Å². The molecule has 2 aromatic carbocycles. The van der Waals surface area contributed by atoms with Gasteiger partial charge in [0.05, 0.1) is 12.3 Å². The molecule has 0 unspecified atom stereocenters. The molecule has 0 spiro atoms. The fourth-order valence-electron chi connectivity index (χ4n) is 2.42. The van der Waals surface area contributed by atoms with Gasteiger partial charge in [-0.25, -0.2) is 0 Å². The predicted octanol–water partition coefficient (Wildman–Crippen LogP) is 4.55. The Balaban J connectivity index is 2.25. The molecular formula is C17H15ClN2S. The van der Waals surface area contributed by atoms with Crippen LogP contribution in [0.4, 0.5) is 5.69 Å². The van der Waals surface area contributed by atoms with E-state index in [-0.39, 0.29) is 0 Å². The van der Waals surface area contributed by atoms with E-state index in [4.69, 9.17) is 23.8 Å². The lowest BCUT2D eigenvalue weighted by molar-refractivity contribution is 1.31. The van der Waals surface area contributed by atoms with Crippen molar-refractivity contribution < 1.29 is 0 Å². The van der Waals surface area contributed by atoms with Crippen molar-refractivity contribution in [3.05, 3.63) is 63.7 Å². The number of rotatable bonds is 1. The third-order valence-electron chi connectivity index (χ3n) is 3.67. The Labute approximate surface area is 134 Å². The van der Waals surface area contributed by atoms with Gasteiger partial charge in [0.2, 0.25) is 0 Å². The first kappa shape index (κ1) is 14.2. The molecule has 0 fully saturated rings. The highest BCUT2D eigenvalue weighted by atomic mass is 35.5. The van der Waals surface area contributed by atoms with Crippen molar-refractivity contribution in [2.45, 2.75) is 13.8 Å². The molecule has 21 heavy (non-hydrogen) atoms. The Kier molecular flexibility index (Phi) is 3.79. The van der Waals surface area contributed by atoms with Gasteiger partial charge in [0.15, 0.2) is 0 Å². The van der Waals surface area contributed by atoms with Gasteiger partial charge in [-0.1, -0.05) is 42.0 Å². The van der Waals surface area contributed by atoms with E-state index in [1.54, 1.807) is 0 Å². The zero-order valence-corrected chi connectivity index (χ0v) is 13.5. The molecule has 0 atom stereocenters. The maximum atomic E-state index is 6.35. The molecule has 0 aliphatic carbocycles. The lowest BCUT2D eigenvalue weighted by Crippen LogP contribution is -2.11. The molecule has 0 aromatic heterocycles. The molecule has 3 rings (SSSR count). The Morgan fingerprint density at radius 3 is 2.57 bits per heavy atom. The summed E-state index contributed by atoms with van der Waals surface area (Å²) in [6.45, 7) is 4.67. The SMILES string of the molecule is Cc1cc2c(cc1C)C(c1ccccc1Cl)=NCC(=S)N2. The van der Waals surface area contributed by atoms with Crippen LogP contribution < -0.4 is 5.32 Å². The van der Waals surface area contributed by atoms with Crippen LogP contribution >= 0.6 is 23.8 Å². The molecule has 2 nitrogen and oxygen atoms in total. The number of aliphatic imine (C=N–C) groups is 1. The summed E-state index contributed by atoms with van der Waals surface area (Å²) in [6.07, 6.45) is 0. The molecule has 1 N–H and O–H groups in total. The molecule has 106 valence electrons. The predicted molar refractivity (Wildman–Crippen MR) is 94.1 cm³/mol. The van der Waals surface area contributed by atoms with E-state index in [2.05, 4.69) is 36.3 Å². The highest BCUT2D eigenvalue weighted by Gasteiger charge is 2.19. The third-order valence-corrected chi connectivity index (χ3v) is 4.23. The minimum Gasteiger partial charge on any atom is -0.348 e. The molecule has 0 saturated heterocycles. The van der Waals surface area contributed by atoms with Crippen LogP contribution in [0.3, 0.4) is 0 Å². The van der Waals surface area contributed by atoms with Crippen molar-refractivity contribution >= 4 is 40.2 Å². The van der Waals surface area contributed by atoms with Gasteiger partial charge in [-0.15, -0.1) is 0 Å². The highest BCUT2D eigenvalue weighted by molar-refractivity contribution is 7.80. The molecule has 0 amide bonds. The highest BCUT2D eigenvalue weighted by Crippen LogP contribution is 2.28. The van der Waals surface area contributed by atoms with Crippen LogP contribution in [-0.2, 0) is 0 Å². The molecule has 2 aromatic rings. The molecule has 1 aliphatic rings. The first-order valence-corrected chi connectivity index (χ1v) is 7.55. The standard InChI is InChI=1S/C17H15ClN2S/c1-10-7-13-15(8-11(10)2)20-16(21)9-19-17(13)12-5-3-4-6-14(12)18/h3-8H,9H2,1-2H3,(H,20,21). The number of fused-ring (bicyclic) bond motifs is 1. The topological polar surface area (TPSA) is 24.4 Å². The molecule has 0 bridgehead atoms. The number of thiocarbonyl (C=S) groups is 1. The second kappa shape index (κ2) is 5.58. The largest absolute Gasteiger partial charge is 0.348 e. The summed E-state index contributed by atoms with van der Waals surface area (Å²) in [6, 6.07) is 12.0. The maximum absolute atomic E-state index is 6.35. The minimum atomic E-state index is 0.475. The van der Waals surface area contributed by atoms with E-state index >= 15 is 0 Å². The van der Waals surface area contributed by atoms with Gasteiger partial charge in [0, 0.05) is 21.8 Å². The number of halogens is 1. The van der Waals surface area contributed by atoms with Gasteiger partial charge in [-0.05, 0) is 43.2 Å². The number of aryl methyl sites for hydroxylation is 2. The van der Waals surface area contributed by atoms with Gasteiger partial charge < -0.3 is 5.32 Å². The number of anilines is 1. The van der Waals surface area contributed by atoms with Gasteiger partial charge >= 0.3 is 0 Å². The summed E-state index contributed by atoms with van der Waals surface area (Å²) >= 11 is 11.7. The van der Waals surface area contributed by atoms with E-state index in [0.717, 1.165) is 27.5 Å². The van der Waals surface area contributed by atoms with Gasteiger partial charge in [0.1, 0.15) is 4.99 Å². The van der Waals surface area contributed by atoms with Crippen molar-refractivity contribution in [2.75, 3.05) is 11.9 Å². The Hall–Kier alpha value is -1.71. The van der Waals surface area contributed by atoms with Gasteiger partial charge in [-0.2, -0.15) is 0 Å². The smallest absolute Gasteiger partial charge is 0.102 e. The molecule has 0 saturated carbocycles. The summed E-state index contributed by atoms with van der Waals surface area (Å²) in [5.41, 5.74) is 6.33. The number of nitrogens with zero attached hydrogens (tertiary/aromatic N) is 1. The third kappa shape index (κ3) is 2.71. The quantitative estimate of drug-likeness (QED) is 0.781. The van der Waals surface area contributed by atoms with Crippen LogP contribution in [0.1, 0.15) is 22.3 Å². The maximum Gasteiger partial charge on any atom is 0.102 e. The first-order valence-electron chi connectivity index (χ1n) is 6.77. The lowest BCUT2D eigenvalue weighted by Gasteiger charge is -2.14. The van der Waals surface area contributed by atoms with Crippen LogP contribution in [0.25, 0.3) is 0 Å². The van der Waals surface area contributed by atoms with Gasteiger partial charge in [0.25, 0.3) is 0 Å². The average Bonchev–Trinajstić information content (AvgIpc) is 2.59. The average molecular weight is 315 g/mol. The van der Waals surface area contributed by atoms with E-state index in [1.165, 1.54) is 11.1 Å². The van der Waals surface area contributed by atoms with Crippen LogP contribution in [0, 0.1) is 13.8 Å². The van der Waals surface area contributed by atoms with Crippen LogP contribution in [0.15, 0.2) is 41.4 Å². The van der Waals surface area contributed by atoms with E-state index in [1.807, 2.05) is 24.3 Å². The fraction of sp³-hybridized carbons (Fsp3) is 0.176. The monoisotopic (exact) mass is 314 g/mol. The van der Waals surface area contributed by atoms with Crippen LogP contribution in [0.5, 0.6) is 0 Å². The second-order valence-electron chi connectivity index (χ2n) is 5.17.